The van der Waals surface area contributed by atoms with Crippen LogP contribution in [0, 0.1) is 6.92 Å². The molecule has 0 bridgehead atoms. The molecule has 0 saturated heterocycles. The van der Waals surface area contributed by atoms with Gasteiger partial charge in [0.15, 0.2) is 0 Å². The highest BCUT2D eigenvalue weighted by Crippen LogP contribution is 2.65. The highest BCUT2D eigenvalue weighted by molar-refractivity contribution is 6.16. The minimum atomic E-state index is -0.371. The molecule has 1 spiro atoms. The molecule has 0 aromatic heterocycles. The van der Waals surface area contributed by atoms with Crippen molar-refractivity contribution in [2.45, 2.75) is 12.3 Å². The molecule has 9 rings (SSSR count). The van der Waals surface area contributed by atoms with Crippen molar-refractivity contribution in [2.24, 2.45) is 0 Å². The van der Waals surface area contributed by atoms with E-state index in [-0.39, 0.29) is 5.41 Å². The van der Waals surface area contributed by atoms with Crippen molar-refractivity contribution in [1.29, 1.82) is 0 Å². The summed E-state index contributed by atoms with van der Waals surface area (Å²) in [4.78, 5) is 0. The highest BCUT2D eigenvalue weighted by atomic mass is 14.5. The van der Waals surface area contributed by atoms with Gasteiger partial charge in [0, 0.05) is 0 Å². The molecule has 2 aliphatic carbocycles. The second-order valence-electron chi connectivity index (χ2n) is 11.3. The van der Waals surface area contributed by atoms with E-state index in [2.05, 4.69) is 146 Å². The smallest absolute Gasteiger partial charge is 0.0619 e. The number of rotatable bonds is 1. The largest absolute Gasteiger partial charge is 0.0726 e. The zero-order valence-corrected chi connectivity index (χ0v) is 22.3. The van der Waals surface area contributed by atoms with Crippen LogP contribution in [0.3, 0.4) is 0 Å². The van der Waals surface area contributed by atoms with Crippen LogP contribution in [-0.2, 0) is 5.41 Å². The summed E-state index contributed by atoms with van der Waals surface area (Å²) in [5, 5.41) is 5.25. The molecule has 0 saturated carbocycles. The Labute approximate surface area is 234 Å². The molecule has 186 valence electrons. The van der Waals surface area contributed by atoms with Crippen molar-refractivity contribution in [3.05, 3.63) is 167 Å². The number of fused-ring (bicyclic) bond motifs is 14. The van der Waals surface area contributed by atoms with Crippen LogP contribution in [-0.4, -0.2) is 0 Å². The maximum atomic E-state index is 2.53. The normalized spacial score (nSPS) is 13.8. The van der Waals surface area contributed by atoms with Gasteiger partial charge in [-0.2, -0.15) is 0 Å². The van der Waals surface area contributed by atoms with Crippen LogP contribution in [0.1, 0.15) is 27.8 Å². The third kappa shape index (κ3) is 2.61. The molecule has 0 atom stereocenters. The maximum absolute atomic E-state index is 2.53. The summed E-state index contributed by atoms with van der Waals surface area (Å²) in [7, 11) is 0. The molecule has 40 heavy (non-hydrogen) atoms. The van der Waals surface area contributed by atoms with E-state index in [0.717, 1.165) is 0 Å². The number of hydrogen-bond donors (Lipinski definition) is 0. The number of benzene rings is 7. The van der Waals surface area contributed by atoms with Crippen molar-refractivity contribution in [3.8, 4) is 33.4 Å². The van der Waals surface area contributed by atoms with E-state index >= 15 is 0 Å². The van der Waals surface area contributed by atoms with Gasteiger partial charge in [-0.05, 0) is 90.2 Å². The summed E-state index contributed by atoms with van der Waals surface area (Å²) >= 11 is 0. The Bertz CT molecular complexity index is 2130. The van der Waals surface area contributed by atoms with Gasteiger partial charge in [0.1, 0.15) is 0 Å². The molecule has 0 radical (unpaired) electrons. The Morgan fingerprint density at radius 1 is 0.400 bits per heavy atom. The predicted molar refractivity (Wildman–Crippen MR) is 168 cm³/mol. The van der Waals surface area contributed by atoms with Gasteiger partial charge in [-0.25, -0.2) is 0 Å². The summed E-state index contributed by atoms with van der Waals surface area (Å²) in [5.41, 5.74) is 14.5. The molecule has 0 aliphatic heterocycles. The zero-order chi connectivity index (χ0) is 26.4. The van der Waals surface area contributed by atoms with Crippen molar-refractivity contribution in [1.82, 2.24) is 0 Å². The van der Waals surface area contributed by atoms with Gasteiger partial charge in [-0.3, -0.25) is 0 Å². The van der Waals surface area contributed by atoms with E-state index in [9.17, 15) is 0 Å². The van der Waals surface area contributed by atoms with Crippen molar-refractivity contribution in [3.63, 3.8) is 0 Å². The van der Waals surface area contributed by atoms with E-state index in [0.29, 0.717) is 0 Å². The molecule has 0 fully saturated rings. The fourth-order valence-electron chi connectivity index (χ4n) is 7.81. The van der Waals surface area contributed by atoms with Crippen LogP contribution in [0.2, 0.25) is 0 Å². The van der Waals surface area contributed by atoms with Crippen LogP contribution < -0.4 is 0 Å². The Morgan fingerprint density at radius 2 is 1.02 bits per heavy atom. The fraction of sp³-hybridized carbons (Fsp3) is 0.0500. The Kier molecular flexibility index (Phi) is 4.28. The Hall–Kier alpha value is -4.94. The average Bonchev–Trinajstić information content (AvgIpc) is 3.48. The average molecular weight is 507 g/mol. The van der Waals surface area contributed by atoms with Gasteiger partial charge in [-0.1, -0.05) is 139 Å². The van der Waals surface area contributed by atoms with E-state index in [1.54, 1.807) is 0 Å². The van der Waals surface area contributed by atoms with Gasteiger partial charge in [0.2, 0.25) is 0 Å². The summed E-state index contributed by atoms with van der Waals surface area (Å²) in [6.45, 7) is 2.19. The third-order valence-corrected chi connectivity index (χ3v) is 9.31. The van der Waals surface area contributed by atoms with E-state index in [1.165, 1.54) is 82.7 Å². The van der Waals surface area contributed by atoms with Gasteiger partial charge in [0.25, 0.3) is 0 Å². The lowest BCUT2D eigenvalue weighted by Crippen LogP contribution is -2.26. The van der Waals surface area contributed by atoms with Crippen molar-refractivity contribution in [2.75, 3.05) is 0 Å². The number of hydrogen-bond acceptors (Lipinski definition) is 0. The molecular weight excluding hydrogens is 480 g/mol. The van der Waals surface area contributed by atoms with E-state index in [1.807, 2.05) is 0 Å². The first-order chi connectivity index (χ1) is 19.8. The second kappa shape index (κ2) is 7.81. The van der Waals surface area contributed by atoms with Crippen LogP contribution in [0.4, 0.5) is 0 Å². The van der Waals surface area contributed by atoms with Crippen molar-refractivity contribution < 1.29 is 0 Å². The number of aryl methyl sites for hydroxylation is 1. The predicted octanol–water partition coefficient (Wildman–Crippen LogP) is 10.3. The van der Waals surface area contributed by atoms with Crippen LogP contribution in [0.25, 0.3) is 54.9 Å². The Balaban J connectivity index is 1.55. The molecular formula is C40H26. The molecule has 0 heterocycles. The monoisotopic (exact) mass is 506 g/mol. The SMILES string of the molecule is Cc1cccc(-c2cc3c(c4ccccc24)-c2c(ccc4ccccc24)C32c3ccccc3-c3ccccc32)c1. The quantitative estimate of drug-likeness (QED) is 0.208. The van der Waals surface area contributed by atoms with E-state index < -0.39 is 0 Å². The summed E-state index contributed by atoms with van der Waals surface area (Å²) in [6, 6.07) is 52.3. The lowest BCUT2D eigenvalue weighted by molar-refractivity contribution is 0.795. The first kappa shape index (κ1) is 21.9. The van der Waals surface area contributed by atoms with Crippen LogP contribution in [0.15, 0.2) is 140 Å². The molecule has 0 amide bonds. The molecule has 7 aromatic carbocycles. The first-order valence-electron chi connectivity index (χ1n) is 14.1. The van der Waals surface area contributed by atoms with Crippen LogP contribution in [0.5, 0.6) is 0 Å². The Morgan fingerprint density at radius 3 is 1.77 bits per heavy atom. The molecule has 0 unspecified atom stereocenters. The molecule has 0 N–H and O–H groups in total. The van der Waals surface area contributed by atoms with Crippen molar-refractivity contribution >= 4 is 21.5 Å². The summed E-state index contributed by atoms with van der Waals surface area (Å²) in [6.07, 6.45) is 0. The topological polar surface area (TPSA) is 0 Å². The lowest BCUT2D eigenvalue weighted by atomic mass is 9.70. The lowest BCUT2D eigenvalue weighted by Gasteiger charge is -2.31. The molecule has 7 aromatic rings. The molecule has 2 aliphatic rings. The minimum absolute atomic E-state index is 0.371. The summed E-state index contributed by atoms with van der Waals surface area (Å²) < 4.78 is 0. The first-order valence-corrected chi connectivity index (χ1v) is 14.1. The van der Waals surface area contributed by atoms with Gasteiger partial charge in [0.05, 0.1) is 5.41 Å². The molecule has 0 heteroatoms. The molecule has 0 nitrogen and oxygen atoms in total. The van der Waals surface area contributed by atoms with E-state index in [4.69, 9.17) is 0 Å². The van der Waals surface area contributed by atoms with Crippen LogP contribution >= 0.6 is 0 Å². The maximum Gasteiger partial charge on any atom is 0.0726 e. The highest BCUT2D eigenvalue weighted by Gasteiger charge is 2.52. The standard InChI is InChI=1S/C40H26/c1-25-11-10-13-27(23-25)33-24-37-39(32-18-5-4-15-29(32)33)38-28-14-3-2-12-26(28)21-22-36(38)40(37)34-19-8-6-16-30(34)31-17-7-9-20-35(31)40/h2-24H,1H3. The van der Waals surface area contributed by atoms with Gasteiger partial charge >= 0.3 is 0 Å². The summed E-state index contributed by atoms with van der Waals surface area (Å²) in [5.74, 6) is 0. The second-order valence-corrected chi connectivity index (χ2v) is 11.3. The van der Waals surface area contributed by atoms with Gasteiger partial charge in [-0.15, -0.1) is 0 Å². The van der Waals surface area contributed by atoms with Gasteiger partial charge < -0.3 is 0 Å². The zero-order valence-electron chi connectivity index (χ0n) is 22.3. The fourth-order valence-corrected chi connectivity index (χ4v) is 7.81. The minimum Gasteiger partial charge on any atom is -0.0619 e. The third-order valence-electron chi connectivity index (χ3n) is 9.31.